The van der Waals surface area contributed by atoms with E-state index in [1.54, 1.807) is 0 Å². The van der Waals surface area contributed by atoms with E-state index in [9.17, 15) is 0 Å². The predicted octanol–water partition coefficient (Wildman–Crippen LogP) is 7.40. The van der Waals surface area contributed by atoms with Gasteiger partial charge in [-0.3, -0.25) is 0 Å². The molecule has 4 nitrogen and oxygen atoms in total. The lowest BCUT2D eigenvalue weighted by molar-refractivity contribution is -0.302. The summed E-state index contributed by atoms with van der Waals surface area (Å²) < 4.78 is 24.3. The minimum Gasteiger partial charge on any atom is -0.352 e. The summed E-state index contributed by atoms with van der Waals surface area (Å²) in [6.07, 6.45) is 12.5. The molecule has 196 valence electrons. The summed E-state index contributed by atoms with van der Waals surface area (Å²) >= 11 is 4.12. The normalized spacial score (nSPS) is 27.6. The smallest absolute Gasteiger partial charge is 0.158 e. The highest BCUT2D eigenvalue weighted by Gasteiger charge is 2.41. The van der Waals surface area contributed by atoms with Crippen LogP contribution in [0.1, 0.15) is 91.9 Å². The zero-order valence-electron chi connectivity index (χ0n) is 22.0. The van der Waals surface area contributed by atoms with Crippen LogP contribution in [-0.4, -0.2) is 62.0 Å². The van der Waals surface area contributed by atoms with E-state index in [4.69, 9.17) is 18.9 Å². The lowest BCUT2D eigenvalue weighted by atomic mass is 9.90. The van der Waals surface area contributed by atoms with Crippen molar-refractivity contribution in [3.8, 4) is 0 Å². The standard InChI is InChI=1S/C27H52O4S2/c1-5-9-11-23(7-3)17-32-15-13-25-28-19-27(20-29-25)21-30-26(31-22-27)14-16-33-18-24(8-4)12-10-6-2/h23-26H,5-22H2,1-4H3. The Bertz CT molecular complexity index is 418. The van der Waals surface area contributed by atoms with Crippen molar-refractivity contribution in [1.82, 2.24) is 0 Å². The van der Waals surface area contributed by atoms with Gasteiger partial charge in [-0.1, -0.05) is 66.2 Å². The molecule has 2 aliphatic heterocycles. The van der Waals surface area contributed by atoms with Gasteiger partial charge in [0, 0.05) is 12.8 Å². The van der Waals surface area contributed by atoms with Crippen molar-refractivity contribution in [2.45, 2.75) is 104 Å². The van der Waals surface area contributed by atoms with Gasteiger partial charge in [0.25, 0.3) is 0 Å². The summed E-state index contributed by atoms with van der Waals surface area (Å²) in [6.45, 7) is 12.0. The van der Waals surface area contributed by atoms with Gasteiger partial charge in [0.05, 0.1) is 31.8 Å². The number of ether oxygens (including phenoxy) is 4. The van der Waals surface area contributed by atoms with Gasteiger partial charge in [-0.05, 0) is 47.7 Å². The SMILES string of the molecule is CCCCC(CC)CSCCC1OCC2(CO1)COC(CCSCC(CC)CCCC)OC2. The van der Waals surface area contributed by atoms with E-state index in [0.717, 1.165) is 36.2 Å². The zero-order chi connectivity index (χ0) is 23.8. The number of hydrogen-bond donors (Lipinski definition) is 0. The third-order valence-electron chi connectivity index (χ3n) is 7.09. The van der Waals surface area contributed by atoms with Crippen LogP contribution < -0.4 is 0 Å². The summed E-state index contributed by atoms with van der Waals surface area (Å²) in [5.74, 6) is 6.50. The Hall–Kier alpha value is 0.540. The van der Waals surface area contributed by atoms with Crippen molar-refractivity contribution >= 4 is 23.5 Å². The monoisotopic (exact) mass is 504 g/mol. The lowest BCUT2D eigenvalue weighted by Gasteiger charge is -2.43. The second kappa shape index (κ2) is 17.9. The van der Waals surface area contributed by atoms with E-state index < -0.39 is 0 Å². The first-order chi connectivity index (χ1) is 16.1. The van der Waals surface area contributed by atoms with Gasteiger partial charge in [0.1, 0.15) is 0 Å². The fraction of sp³-hybridized carbons (Fsp3) is 1.00. The van der Waals surface area contributed by atoms with Crippen LogP contribution in [0.2, 0.25) is 0 Å². The van der Waals surface area contributed by atoms with Crippen LogP contribution in [0.3, 0.4) is 0 Å². The highest BCUT2D eigenvalue weighted by molar-refractivity contribution is 7.99. The van der Waals surface area contributed by atoms with Crippen molar-refractivity contribution in [3.63, 3.8) is 0 Å². The third-order valence-corrected chi connectivity index (χ3v) is 9.55. The molecule has 0 bridgehead atoms. The molecular weight excluding hydrogens is 452 g/mol. The molecule has 33 heavy (non-hydrogen) atoms. The fourth-order valence-electron chi connectivity index (χ4n) is 4.41. The van der Waals surface area contributed by atoms with Crippen LogP contribution in [0, 0.1) is 17.3 Å². The molecule has 2 rings (SSSR count). The van der Waals surface area contributed by atoms with Crippen LogP contribution in [0.15, 0.2) is 0 Å². The number of rotatable bonds is 18. The maximum Gasteiger partial charge on any atom is 0.158 e. The Morgan fingerprint density at radius 2 is 1.06 bits per heavy atom. The molecule has 0 aromatic rings. The van der Waals surface area contributed by atoms with E-state index in [1.807, 2.05) is 0 Å². The molecule has 0 aromatic carbocycles. The Labute approximate surface area is 213 Å². The first-order valence-electron chi connectivity index (χ1n) is 13.8. The van der Waals surface area contributed by atoms with E-state index in [-0.39, 0.29) is 18.0 Å². The molecule has 2 unspecified atom stereocenters. The van der Waals surface area contributed by atoms with E-state index >= 15 is 0 Å². The average Bonchev–Trinajstić information content (AvgIpc) is 2.85. The van der Waals surface area contributed by atoms with Gasteiger partial charge < -0.3 is 18.9 Å². The first-order valence-corrected chi connectivity index (χ1v) is 16.1. The largest absolute Gasteiger partial charge is 0.352 e. The number of unbranched alkanes of at least 4 members (excludes halogenated alkanes) is 2. The fourth-order valence-corrected chi connectivity index (χ4v) is 6.94. The lowest BCUT2D eigenvalue weighted by Crippen LogP contribution is -2.52. The topological polar surface area (TPSA) is 36.9 Å². The predicted molar refractivity (Wildman–Crippen MR) is 144 cm³/mol. The van der Waals surface area contributed by atoms with Crippen molar-refractivity contribution in [1.29, 1.82) is 0 Å². The molecule has 2 heterocycles. The van der Waals surface area contributed by atoms with Crippen LogP contribution in [0.25, 0.3) is 0 Å². The Kier molecular flexibility index (Phi) is 16.1. The van der Waals surface area contributed by atoms with Crippen LogP contribution in [0.5, 0.6) is 0 Å². The zero-order valence-corrected chi connectivity index (χ0v) is 23.6. The summed E-state index contributed by atoms with van der Waals surface area (Å²) in [7, 11) is 0. The molecule has 0 amide bonds. The quantitative estimate of drug-likeness (QED) is 0.181. The van der Waals surface area contributed by atoms with Gasteiger partial charge in [-0.15, -0.1) is 0 Å². The van der Waals surface area contributed by atoms with E-state index in [2.05, 4.69) is 51.2 Å². The molecule has 0 aromatic heterocycles. The van der Waals surface area contributed by atoms with Gasteiger partial charge in [0.15, 0.2) is 12.6 Å². The molecule has 0 aliphatic carbocycles. The molecule has 2 aliphatic rings. The van der Waals surface area contributed by atoms with Crippen molar-refractivity contribution in [2.24, 2.45) is 17.3 Å². The molecule has 0 saturated carbocycles. The summed E-state index contributed by atoms with van der Waals surface area (Å²) in [4.78, 5) is 0. The van der Waals surface area contributed by atoms with Crippen molar-refractivity contribution in [3.05, 3.63) is 0 Å². The molecular formula is C27H52O4S2. The van der Waals surface area contributed by atoms with Crippen LogP contribution in [0.4, 0.5) is 0 Å². The summed E-state index contributed by atoms with van der Waals surface area (Å²) in [5, 5.41) is 0. The third kappa shape index (κ3) is 11.9. The average molecular weight is 505 g/mol. The van der Waals surface area contributed by atoms with E-state index in [0.29, 0.717) is 26.4 Å². The number of hydrogen-bond acceptors (Lipinski definition) is 6. The number of thioether (sulfide) groups is 2. The molecule has 2 fully saturated rings. The highest BCUT2D eigenvalue weighted by Crippen LogP contribution is 2.32. The summed E-state index contributed by atoms with van der Waals surface area (Å²) in [6, 6.07) is 0. The summed E-state index contributed by atoms with van der Waals surface area (Å²) in [5.41, 5.74) is -0.117. The van der Waals surface area contributed by atoms with Gasteiger partial charge in [-0.2, -0.15) is 23.5 Å². The molecule has 0 radical (unpaired) electrons. The maximum absolute atomic E-state index is 6.07. The molecule has 0 N–H and O–H groups in total. The molecule has 1 spiro atoms. The molecule has 6 heteroatoms. The van der Waals surface area contributed by atoms with Gasteiger partial charge >= 0.3 is 0 Å². The van der Waals surface area contributed by atoms with Crippen molar-refractivity contribution < 1.29 is 18.9 Å². The highest BCUT2D eigenvalue weighted by atomic mass is 32.2. The maximum atomic E-state index is 6.07. The Morgan fingerprint density at radius 1 is 0.667 bits per heavy atom. The van der Waals surface area contributed by atoms with Crippen LogP contribution >= 0.6 is 23.5 Å². The second-order valence-electron chi connectivity index (χ2n) is 10.2. The van der Waals surface area contributed by atoms with Gasteiger partial charge in [0.2, 0.25) is 0 Å². The minimum atomic E-state index is -0.117. The molecule has 2 atom stereocenters. The Balaban J connectivity index is 1.52. The first kappa shape index (κ1) is 29.8. The van der Waals surface area contributed by atoms with Gasteiger partial charge in [-0.25, -0.2) is 0 Å². The second-order valence-corrected chi connectivity index (χ2v) is 12.5. The Morgan fingerprint density at radius 3 is 1.39 bits per heavy atom. The van der Waals surface area contributed by atoms with E-state index in [1.165, 1.54) is 62.9 Å². The van der Waals surface area contributed by atoms with Crippen molar-refractivity contribution in [2.75, 3.05) is 49.4 Å². The minimum absolute atomic E-state index is 0.0628. The van der Waals surface area contributed by atoms with Crippen LogP contribution in [-0.2, 0) is 18.9 Å². The molecule has 2 saturated heterocycles.